The summed E-state index contributed by atoms with van der Waals surface area (Å²) in [7, 11) is 1.57. The Hall–Kier alpha value is -3.68. The smallest absolute Gasteiger partial charge is 0.249 e. The van der Waals surface area contributed by atoms with Gasteiger partial charge in [-0.3, -0.25) is 9.59 Å². The minimum absolute atomic E-state index is 0.00738. The molecule has 0 radical (unpaired) electrons. The van der Waals surface area contributed by atoms with Crippen LogP contribution in [0, 0.1) is 5.92 Å². The molecule has 8 nitrogen and oxygen atoms in total. The topological polar surface area (TPSA) is 101 Å². The number of hydrazone groups is 2. The number of benzene rings is 2. The lowest BCUT2D eigenvalue weighted by Gasteiger charge is -2.11. The maximum Gasteiger partial charge on any atom is 0.249 e. The standard InChI is InChI=1S/C21H22N4O4/c1-14-17(21(27)25-23-14)11-20(26)24-22-12-16-8-9-18(28-2)19(10-16)29-13-15-6-4-3-5-7-15/h3-10,12,17H,11,13H2,1-2H3,(H,24,26)(H,25,27)/b22-12+. The Bertz CT molecular complexity index is 941. The average molecular weight is 394 g/mol. The molecule has 2 N–H and O–H groups in total. The summed E-state index contributed by atoms with van der Waals surface area (Å²) < 4.78 is 11.2. The summed E-state index contributed by atoms with van der Waals surface area (Å²) in [5.41, 5.74) is 7.13. The largest absolute Gasteiger partial charge is 0.493 e. The van der Waals surface area contributed by atoms with Crippen LogP contribution >= 0.6 is 0 Å². The first-order chi connectivity index (χ1) is 14.1. The number of hydrogen-bond acceptors (Lipinski definition) is 6. The molecule has 2 aromatic rings. The van der Waals surface area contributed by atoms with Gasteiger partial charge >= 0.3 is 0 Å². The maximum atomic E-state index is 12.0. The second-order valence-corrected chi connectivity index (χ2v) is 6.46. The summed E-state index contributed by atoms with van der Waals surface area (Å²) in [6.45, 7) is 2.10. The van der Waals surface area contributed by atoms with Crippen molar-refractivity contribution < 1.29 is 19.1 Å². The lowest BCUT2D eigenvalue weighted by Crippen LogP contribution is -2.29. The number of hydrogen-bond donors (Lipinski definition) is 2. The van der Waals surface area contributed by atoms with Gasteiger partial charge in [-0.2, -0.15) is 10.2 Å². The van der Waals surface area contributed by atoms with Crippen molar-refractivity contribution in [1.82, 2.24) is 10.9 Å². The van der Waals surface area contributed by atoms with E-state index in [-0.39, 0.29) is 18.2 Å². The fourth-order valence-corrected chi connectivity index (χ4v) is 2.76. The van der Waals surface area contributed by atoms with Crippen molar-refractivity contribution in [3.8, 4) is 11.5 Å². The van der Waals surface area contributed by atoms with Gasteiger partial charge in [-0.05, 0) is 36.2 Å². The van der Waals surface area contributed by atoms with Gasteiger partial charge in [0.2, 0.25) is 11.8 Å². The third-order valence-electron chi connectivity index (χ3n) is 4.38. The molecule has 0 bridgehead atoms. The fraction of sp³-hybridized carbons (Fsp3) is 0.238. The number of carbonyl (C=O) groups is 2. The van der Waals surface area contributed by atoms with E-state index in [1.54, 1.807) is 32.2 Å². The monoisotopic (exact) mass is 394 g/mol. The molecule has 0 saturated carbocycles. The van der Waals surface area contributed by atoms with Crippen molar-refractivity contribution in [3.63, 3.8) is 0 Å². The highest BCUT2D eigenvalue weighted by Crippen LogP contribution is 2.28. The number of carbonyl (C=O) groups excluding carboxylic acids is 2. The minimum atomic E-state index is -0.552. The Kier molecular flexibility index (Phi) is 6.57. The molecule has 1 heterocycles. The van der Waals surface area contributed by atoms with E-state index in [4.69, 9.17) is 9.47 Å². The first kappa shape index (κ1) is 20.1. The predicted octanol–water partition coefficient (Wildman–Crippen LogP) is 2.24. The van der Waals surface area contributed by atoms with Crippen LogP contribution in [0.5, 0.6) is 11.5 Å². The van der Waals surface area contributed by atoms with Crippen LogP contribution in [0.4, 0.5) is 0 Å². The van der Waals surface area contributed by atoms with Crippen molar-refractivity contribution in [2.45, 2.75) is 20.0 Å². The first-order valence-corrected chi connectivity index (χ1v) is 9.07. The highest BCUT2D eigenvalue weighted by Gasteiger charge is 2.28. The predicted molar refractivity (Wildman–Crippen MR) is 109 cm³/mol. The zero-order valence-corrected chi connectivity index (χ0v) is 16.2. The van der Waals surface area contributed by atoms with Crippen LogP contribution in [0.2, 0.25) is 0 Å². The van der Waals surface area contributed by atoms with Gasteiger partial charge in [-0.1, -0.05) is 30.3 Å². The Labute approximate surface area is 168 Å². The van der Waals surface area contributed by atoms with Gasteiger partial charge < -0.3 is 9.47 Å². The SMILES string of the molecule is COc1ccc(/C=N/NC(=O)CC2C(=O)NN=C2C)cc1OCc1ccccc1. The molecule has 1 atom stereocenters. The van der Waals surface area contributed by atoms with E-state index in [1.807, 2.05) is 30.3 Å². The van der Waals surface area contributed by atoms with Crippen LogP contribution in [0.15, 0.2) is 58.7 Å². The molecule has 0 fully saturated rings. The molecule has 8 heteroatoms. The molecule has 0 aromatic heterocycles. The molecule has 1 aliphatic rings. The Morgan fingerprint density at radius 1 is 1.24 bits per heavy atom. The van der Waals surface area contributed by atoms with E-state index >= 15 is 0 Å². The summed E-state index contributed by atoms with van der Waals surface area (Å²) in [5.74, 6) is -0.0294. The Morgan fingerprint density at radius 3 is 2.72 bits per heavy atom. The summed E-state index contributed by atoms with van der Waals surface area (Å²) in [5, 5.41) is 7.77. The molecule has 0 aliphatic carbocycles. The molecular weight excluding hydrogens is 372 g/mol. The molecule has 2 aromatic carbocycles. The summed E-state index contributed by atoms with van der Waals surface area (Å²) >= 11 is 0. The van der Waals surface area contributed by atoms with E-state index in [1.165, 1.54) is 6.21 Å². The number of amides is 2. The fourth-order valence-electron chi connectivity index (χ4n) is 2.76. The summed E-state index contributed by atoms with van der Waals surface area (Å²) in [6, 6.07) is 15.1. The van der Waals surface area contributed by atoms with E-state index in [2.05, 4.69) is 21.1 Å². The molecule has 29 heavy (non-hydrogen) atoms. The second-order valence-electron chi connectivity index (χ2n) is 6.46. The number of methoxy groups -OCH3 is 1. The third kappa shape index (κ3) is 5.41. The zero-order chi connectivity index (χ0) is 20.6. The number of nitrogens with zero attached hydrogens (tertiary/aromatic N) is 2. The molecule has 2 amide bonds. The third-order valence-corrected chi connectivity index (χ3v) is 4.38. The minimum Gasteiger partial charge on any atom is -0.493 e. The van der Waals surface area contributed by atoms with Gasteiger partial charge in [-0.25, -0.2) is 10.9 Å². The van der Waals surface area contributed by atoms with Crippen molar-refractivity contribution in [3.05, 3.63) is 59.7 Å². The molecule has 1 unspecified atom stereocenters. The number of ether oxygens (including phenoxy) is 2. The zero-order valence-electron chi connectivity index (χ0n) is 16.2. The summed E-state index contributed by atoms with van der Waals surface area (Å²) in [6.07, 6.45) is 1.49. The van der Waals surface area contributed by atoms with E-state index < -0.39 is 5.92 Å². The molecule has 0 saturated heterocycles. The normalized spacial score (nSPS) is 15.7. The van der Waals surface area contributed by atoms with Gasteiger partial charge in [0.1, 0.15) is 6.61 Å². The van der Waals surface area contributed by atoms with Crippen molar-refractivity contribution in [1.29, 1.82) is 0 Å². The van der Waals surface area contributed by atoms with Crippen LogP contribution in [0.3, 0.4) is 0 Å². The van der Waals surface area contributed by atoms with Gasteiger partial charge in [-0.15, -0.1) is 0 Å². The lowest BCUT2D eigenvalue weighted by molar-refractivity contribution is -0.127. The van der Waals surface area contributed by atoms with Gasteiger partial charge in [0.05, 0.1) is 19.2 Å². The molecule has 1 aliphatic heterocycles. The van der Waals surface area contributed by atoms with Crippen LogP contribution < -0.4 is 20.3 Å². The highest BCUT2D eigenvalue weighted by atomic mass is 16.5. The van der Waals surface area contributed by atoms with E-state index in [0.717, 1.165) is 11.1 Å². The van der Waals surface area contributed by atoms with E-state index in [0.29, 0.717) is 23.8 Å². The van der Waals surface area contributed by atoms with Crippen LogP contribution in [0.1, 0.15) is 24.5 Å². The molecule has 150 valence electrons. The number of nitrogens with one attached hydrogen (secondary N) is 2. The quantitative estimate of drug-likeness (QED) is 0.530. The van der Waals surface area contributed by atoms with Crippen molar-refractivity contribution in [2.75, 3.05) is 7.11 Å². The molecule has 0 spiro atoms. The van der Waals surface area contributed by atoms with Crippen molar-refractivity contribution >= 4 is 23.7 Å². The Morgan fingerprint density at radius 2 is 2.03 bits per heavy atom. The van der Waals surface area contributed by atoms with Gasteiger partial charge in [0, 0.05) is 12.1 Å². The maximum absolute atomic E-state index is 12.0. The van der Waals surface area contributed by atoms with Gasteiger partial charge in [0.15, 0.2) is 11.5 Å². The van der Waals surface area contributed by atoms with Gasteiger partial charge in [0.25, 0.3) is 0 Å². The van der Waals surface area contributed by atoms with E-state index in [9.17, 15) is 9.59 Å². The highest BCUT2D eigenvalue weighted by molar-refractivity contribution is 6.09. The Balaban J connectivity index is 1.59. The summed E-state index contributed by atoms with van der Waals surface area (Å²) in [4.78, 5) is 23.6. The molecular formula is C21H22N4O4. The first-order valence-electron chi connectivity index (χ1n) is 9.07. The van der Waals surface area contributed by atoms with Crippen LogP contribution in [-0.2, 0) is 16.2 Å². The van der Waals surface area contributed by atoms with Crippen LogP contribution in [-0.4, -0.2) is 30.9 Å². The second kappa shape index (κ2) is 9.50. The number of rotatable bonds is 8. The molecule has 3 rings (SSSR count). The van der Waals surface area contributed by atoms with Crippen LogP contribution in [0.25, 0.3) is 0 Å². The van der Waals surface area contributed by atoms with Crippen molar-refractivity contribution in [2.24, 2.45) is 16.1 Å². The lowest BCUT2D eigenvalue weighted by atomic mass is 10.0. The average Bonchev–Trinajstić information content (AvgIpc) is 3.05.